The molecule has 180 valence electrons. The van der Waals surface area contributed by atoms with Crippen LogP contribution in [0.25, 0.3) is 0 Å². The van der Waals surface area contributed by atoms with Gasteiger partial charge in [0.05, 0.1) is 5.69 Å². The number of tetrazole rings is 1. The highest BCUT2D eigenvalue weighted by molar-refractivity contribution is 6.10. The molecule has 0 atom stereocenters. The number of ether oxygens (including phenoxy) is 1. The fourth-order valence-electron chi connectivity index (χ4n) is 3.10. The minimum absolute atomic E-state index is 0.0851. The lowest BCUT2D eigenvalue weighted by molar-refractivity contribution is 0.0548. The van der Waals surface area contributed by atoms with E-state index in [9.17, 15) is 4.79 Å². The molecule has 10 nitrogen and oxygen atoms in total. The zero-order valence-electron chi connectivity index (χ0n) is 20.7. The van der Waals surface area contributed by atoms with E-state index in [-0.39, 0.29) is 6.61 Å². The summed E-state index contributed by atoms with van der Waals surface area (Å²) < 4.78 is 7.13. The van der Waals surface area contributed by atoms with Crippen molar-refractivity contribution in [1.82, 2.24) is 25.2 Å². The Bertz CT molecular complexity index is 1150. The van der Waals surface area contributed by atoms with Crippen LogP contribution in [0, 0.1) is 0 Å². The van der Waals surface area contributed by atoms with Crippen molar-refractivity contribution in [3.63, 3.8) is 0 Å². The highest BCUT2D eigenvalue weighted by atomic mass is 16.6. The molecule has 34 heavy (non-hydrogen) atoms. The van der Waals surface area contributed by atoms with Crippen LogP contribution in [0.2, 0.25) is 0 Å². The highest BCUT2D eigenvalue weighted by Crippen LogP contribution is 2.25. The molecule has 0 saturated carbocycles. The summed E-state index contributed by atoms with van der Waals surface area (Å²) in [5.41, 5.74) is 0.729. The molecule has 0 N–H and O–H groups in total. The Kier molecular flexibility index (Phi) is 7.29. The predicted octanol–water partition coefficient (Wildman–Crippen LogP) is 4.11. The number of nitrogens with zero attached hydrogens (tertiary/aromatic N) is 7. The minimum Gasteiger partial charge on any atom is -0.443 e. The summed E-state index contributed by atoms with van der Waals surface area (Å²) in [6, 6.07) is 14.9. The van der Waals surface area contributed by atoms with Crippen molar-refractivity contribution >= 4 is 17.6 Å². The fraction of sp³-hybridized carbons (Fsp3) is 0.417. The molecule has 1 amide bonds. The number of pyridine rings is 1. The van der Waals surface area contributed by atoms with Crippen molar-refractivity contribution in [3.05, 3.63) is 65.6 Å². The fourth-order valence-corrected chi connectivity index (χ4v) is 3.10. The van der Waals surface area contributed by atoms with Gasteiger partial charge in [0.25, 0.3) is 0 Å². The van der Waals surface area contributed by atoms with E-state index in [2.05, 4.69) is 25.7 Å². The van der Waals surface area contributed by atoms with Gasteiger partial charge < -0.3 is 9.57 Å². The monoisotopic (exact) mass is 465 g/mol. The molecule has 0 aliphatic carbocycles. The maximum Gasteiger partial charge on any atom is 0.416 e. The summed E-state index contributed by atoms with van der Waals surface area (Å²) in [6.07, 6.45) is -0.468. The average Bonchev–Trinajstić information content (AvgIpc) is 3.15. The van der Waals surface area contributed by atoms with Gasteiger partial charge in [-0.2, -0.15) is 0 Å². The third-order valence-corrected chi connectivity index (χ3v) is 4.52. The van der Waals surface area contributed by atoms with Crippen molar-refractivity contribution in [2.75, 3.05) is 4.90 Å². The van der Waals surface area contributed by atoms with Crippen LogP contribution in [0.4, 0.5) is 10.6 Å². The molecule has 2 heterocycles. The lowest BCUT2D eigenvalue weighted by Gasteiger charge is -2.36. The summed E-state index contributed by atoms with van der Waals surface area (Å²) >= 11 is 0. The Morgan fingerprint density at radius 1 is 1.03 bits per heavy atom. The first-order chi connectivity index (χ1) is 16.0. The van der Waals surface area contributed by atoms with E-state index in [1.54, 1.807) is 19.2 Å². The second-order valence-corrected chi connectivity index (χ2v) is 9.68. The highest BCUT2D eigenvalue weighted by Gasteiger charge is 2.33. The number of aryl methyl sites for hydroxylation is 1. The largest absolute Gasteiger partial charge is 0.443 e. The molecule has 0 saturated heterocycles. The van der Waals surface area contributed by atoms with Crippen molar-refractivity contribution in [1.29, 1.82) is 0 Å². The van der Waals surface area contributed by atoms with Gasteiger partial charge in [0, 0.05) is 18.2 Å². The third-order valence-electron chi connectivity index (χ3n) is 4.52. The van der Waals surface area contributed by atoms with Crippen LogP contribution in [-0.4, -0.2) is 48.1 Å². The summed E-state index contributed by atoms with van der Waals surface area (Å²) in [5, 5.41) is 15.9. The first kappa shape index (κ1) is 24.8. The summed E-state index contributed by atoms with van der Waals surface area (Å²) in [4.78, 5) is 24.7. The second kappa shape index (κ2) is 9.98. The van der Waals surface area contributed by atoms with Crippen LogP contribution in [0.3, 0.4) is 0 Å². The van der Waals surface area contributed by atoms with Crippen molar-refractivity contribution in [2.24, 2.45) is 12.2 Å². The number of anilines is 1. The van der Waals surface area contributed by atoms with Crippen LogP contribution in [0.1, 0.15) is 58.6 Å². The Balaban J connectivity index is 1.84. The Morgan fingerprint density at radius 3 is 2.32 bits per heavy atom. The van der Waals surface area contributed by atoms with Crippen LogP contribution in [-0.2, 0) is 23.2 Å². The van der Waals surface area contributed by atoms with E-state index < -0.39 is 17.2 Å². The first-order valence-corrected chi connectivity index (χ1v) is 10.9. The van der Waals surface area contributed by atoms with Crippen LogP contribution >= 0.6 is 0 Å². The molecule has 10 heteroatoms. The van der Waals surface area contributed by atoms with Gasteiger partial charge in [-0.15, -0.1) is 5.10 Å². The standard InChI is InChI=1S/C24H31N7O3/c1-23(2,3)31(22(32)34-24(4,5)6)19-15-11-14-18(25-19)16-33-27-20(17-12-9-8-10-13-17)21-26-28-29-30(21)7/h8-15H,16H2,1-7H3. The van der Waals surface area contributed by atoms with E-state index in [0.29, 0.717) is 23.0 Å². The number of carbonyl (C=O) groups excluding carboxylic acids is 1. The van der Waals surface area contributed by atoms with Gasteiger partial charge >= 0.3 is 6.09 Å². The van der Waals surface area contributed by atoms with Gasteiger partial charge in [0.2, 0.25) is 5.82 Å². The molecular weight excluding hydrogens is 434 g/mol. The zero-order valence-corrected chi connectivity index (χ0v) is 20.7. The van der Waals surface area contributed by atoms with Crippen molar-refractivity contribution < 1.29 is 14.4 Å². The number of oxime groups is 1. The molecule has 0 aliphatic rings. The minimum atomic E-state index is -0.626. The van der Waals surface area contributed by atoms with Crippen LogP contribution in [0.5, 0.6) is 0 Å². The number of hydrogen-bond donors (Lipinski definition) is 0. The Hall–Kier alpha value is -3.82. The second-order valence-electron chi connectivity index (χ2n) is 9.68. The van der Waals surface area contributed by atoms with E-state index in [1.807, 2.05) is 77.9 Å². The molecule has 0 spiro atoms. The van der Waals surface area contributed by atoms with Gasteiger partial charge in [-0.05, 0) is 64.1 Å². The van der Waals surface area contributed by atoms with Crippen LogP contribution in [0.15, 0.2) is 53.7 Å². The molecular formula is C24H31N7O3. The van der Waals surface area contributed by atoms with Gasteiger partial charge in [-0.1, -0.05) is 41.6 Å². The van der Waals surface area contributed by atoms with Crippen LogP contribution < -0.4 is 4.90 Å². The van der Waals surface area contributed by atoms with E-state index in [4.69, 9.17) is 9.57 Å². The smallest absolute Gasteiger partial charge is 0.416 e. The maximum atomic E-state index is 12.9. The number of amides is 1. The van der Waals surface area contributed by atoms with Gasteiger partial charge in [-0.3, -0.25) is 4.90 Å². The number of rotatable bonds is 6. The van der Waals surface area contributed by atoms with Gasteiger partial charge in [0.15, 0.2) is 12.3 Å². The van der Waals surface area contributed by atoms with Crippen molar-refractivity contribution in [2.45, 2.75) is 59.3 Å². The zero-order chi connectivity index (χ0) is 24.9. The summed E-state index contributed by atoms with van der Waals surface area (Å²) in [7, 11) is 1.73. The summed E-state index contributed by atoms with van der Waals surface area (Å²) in [5.74, 6) is 0.935. The molecule has 3 aromatic rings. The SMILES string of the molecule is Cn1nnnc1C(=NOCc1cccc(N(C(=O)OC(C)(C)C)C(C)(C)C)n1)c1ccccc1. The molecule has 0 bridgehead atoms. The van der Waals surface area contributed by atoms with Gasteiger partial charge in [-0.25, -0.2) is 14.5 Å². The predicted molar refractivity (Wildman–Crippen MR) is 128 cm³/mol. The number of benzene rings is 1. The quantitative estimate of drug-likeness (QED) is 0.398. The molecule has 0 fully saturated rings. The number of aromatic nitrogens is 5. The molecule has 0 radical (unpaired) electrons. The lowest BCUT2D eigenvalue weighted by atomic mass is 10.1. The molecule has 0 unspecified atom stereocenters. The van der Waals surface area contributed by atoms with E-state index >= 15 is 0 Å². The number of hydrogen-bond acceptors (Lipinski definition) is 8. The Labute approximate surface area is 199 Å². The topological polar surface area (TPSA) is 108 Å². The first-order valence-electron chi connectivity index (χ1n) is 10.9. The molecule has 0 aliphatic heterocycles. The summed E-state index contributed by atoms with van der Waals surface area (Å²) in [6.45, 7) is 11.4. The van der Waals surface area contributed by atoms with E-state index in [0.717, 1.165) is 5.56 Å². The Morgan fingerprint density at radius 2 is 1.74 bits per heavy atom. The molecule has 3 rings (SSSR count). The molecule has 2 aromatic heterocycles. The maximum absolute atomic E-state index is 12.9. The van der Waals surface area contributed by atoms with Crippen molar-refractivity contribution in [3.8, 4) is 0 Å². The average molecular weight is 466 g/mol. The van der Waals surface area contributed by atoms with Gasteiger partial charge in [0.1, 0.15) is 11.4 Å². The normalized spacial score (nSPS) is 12.4. The lowest BCUT2D eigenvalue weighted by Crippen LogP contribution is -2.48. The van der Waals surface area contributed by atoms with E-state index in [1.165, 1.54) is 9.58 Å². The third kappa shape index (κ3) is 6.37. The number of carbonyl (C=O) groups is 1. The molecule has 1 aromatic carbocycles.